The van der Waals surface area contributed by atoms with Crippen LogP contribution in [0.25, 0.3) is 0 Å². The number of rotatable bonds is 9. The van der Waals surface area contributed by atoms with Gasteiger partial charge in [0.15, 0.2) is 0 Å². The van der Waals surface area contributed by atoms with Gasteiger partial charge in [-0.25, -0.2) is 9.13 Å². The molecule has 3 heteroatoms. The standard InChI is InChI=1S/C14H27N2.HI/c1-3-4-5-6-7-8-9-10-11-16-13-12-15(2)14-16;/h12-14H,3-11H2,1-2H3;1H/q+1;/p-1. The van der Waals surface area contributed by atoms with Crippen LogP contribution in [-0.2, 0) is 13.6 Å². The maximum Gasteiger partial charge on any atom is 0.243 e. The Morgan fingerprint density at radius 1 is 0.941 bits per heavy atom. The maximum atomic E-state index is 2.27. The van der Waals surface area contributed by atoms with Crippen LogP contribution in [0, 0.1) is 0 Å². The van der Waals surface area contributed by atoms with E-state index in [9.17, 15) is 0 Å². The fourth-order valence-corrected chi connectivity index (χ4v) is 2.06. The predicted octanol–water partition coefficient (Wildman–Crippen LogP) is 0.457. The smallest absolute Gasteiger partial charge is 0.243 e. The largest absolute Gasteiger partial charge is 1.00 e. The van der Waals surface area contributed by atoms with E-state index in [4.69, 9.17) is 0 Å². The van der Waals surface area contributed by atoms with E-state index in [2.05, 4.69) is 41.8 Å². The molecule has 100 valence electrons. The molecule has 0 radical (unpaired) electrons. The summed E-state index contributed by atoms with van der Waals surface area (Å²) in [6.07, 6.45) is 17.6. The van der Waals surface area contributed by atoms with Gasteiger partial charge in [-0.3, -0.25) is 0 Å². The van der Waals surface area contributed by atoms with Crippen molar-refractivity contribution < 1.29 is 28.5 Å². The SMILES string of the molecule is CCCCCCCCCC[n+]1ccn(C)c1.[I-]. The fourth-order valence-electron chi connectivity index (χ4n) is 2.06. The highest BCUT2D eigenvalue weighted by Crippen LogP contribution is 2.08. The first-order valence-corrected chi connectivity index (χ1v) is 6.84. The van der Waals surface area contributed by atoms with Crippen LogP contribution >= 0.6 is 0 Å². The second-order valence-electron chi connectivity index (χ2n) is 4.79. The van der Waals surface area contributed by atoms with E-state index in [1.54, 1.807) is 0 Å². The molecular weight excluding hydrogens is 323 g/mol. The molecule has 0 spiro atoms. The summed E-state index contributed by atoms with van der Waals surface area (Å²) in [7, 11) is 2.07. The third-order valence-corrected chi connectivity index (χ3v) is 3.09. The van der Waals surface area contributed by atoms with Crippen LogP contribution in [0.3, 0.4) is 0 Å². The zero-order chi connectivity index (χ0) is 11.6. The molecule has 0 N–H and O–H groups in total. The van der Waals surface area contributed by atoms with Crippen molar-refractivity contribution in [2.45, 2.75) is 64.8 Å². The molecule has 0 unspecified atom stereocenters. The summed E-state index contributed by atoms with van der Waals surface area (Å²) in [4.78, 5) is 0. The Kier molecular flexibility index (Phi) is 11.0. The van der Waals surface area contributed by atoms with Gasteiger partial charge in [-0.1, -0.05) is 45.4 Å². The van der Waals surface area contributed by atoms with Crippen LogP contribution < -0.4 is 28.5 Å². The number of aryl methyl sites for hydroxylation is 2. The van der Waals surface area contributed by atoms with Gasteiger partial charge in [-0.15, -0.1) is 0 Å². The van der Waals surface area contributed by atoms with Gasteiger partial charge >= 0.3 is 0 Å². The van der Waals surface area contributed by atoms with Crippen LogP contribution in [-0.4, -0.2) is 4.57 Å². The number of imidazole rings is 1. The average Bonchev–Trinajstić information content (AvgIpc) is 2.68. The van der Waals surface area contributed by atoms with Crippen molar-refractivity contribution in [2.24, 2.45) is 7.05 Å². The Morgan fingerprint density at radius 2 is 1.53 bits per heavy atom. The molecule has 0 fully saturated rings. The Morgan fingerprint density at radius 3 is 2.06 bits per heavy atom. The third kappa shape index (κ3) is 8.63. The molecule has 2 nitrogen and oxygen atoms in total. The molecule has 0 bridgehead atoms. The Hall–Kier alpha value is -0.0600. The van der Waals surface area contributed by atoms with Crippen molar-refractivity contribution in [3.63, 3.8) is 0 Å². The van der Waals surface area contributed by atoms with Gasteiger partial charge in [0, 0.05) is 0 Å². The lowest BCUT2D eigenvalue weighted by molar-refractivity contribution is -0.696. The quantitative estimate of drug-likeness (QED) is 0.348. The number of halogens is 1. The predicted molar refractivity (Wildman–Crippen MR) is 68.2 cm³/mol. The monoisotopic (exact) mass is 350 g/mol. The summed E-state index contributed by atoms with van der Waals surface area (Å²) >= 11 is 0. The minimum absolute atomic E-state index is 0. The fraction of sp³-hybridized carbons (Fsp3) is 0.786. The zero-order valence-electron chi connectivity index (χ0n) is 11.4. The molecule has 17 heavy (non-hydrogen) atoms. The highest BCUT2D eigenvalue weighted by Gasteiger charge is 1.98. The number of hydrogen-bond donors (Lipinski definition) is 0. The lowest BCUT2D eigenvalue weighted by Crippen LogP contribution is -3.00. The molecule has 1 aromatic rings. The first-order chi connectivity index (χ1) is 7.83. The molecule has 0 aliphatic carbocycles. The normalized spacial score (nSPS) is 10.2. The van der Waals surface area contributed by atoms with E-state index in [1.165, 1.54) is 57.9 Å². The van der Waals surface area contributed by atoms with E-state index in [-0.39, 0.29) is 24.0 Å². The number of aromatic nitrogens is 2. The molecule has 0 amide bonds. The number of unbranched alkanes of at least 4 members (excludes halogenated alkanes) is 7. The number of nitrogens with zero attached hydrogens (tertiary/aromatic N) is 2. The first kappa shape index (κ1) is 16.9. The first-order valence-electron chi connectivity index (χ1n) is 6.84. The summed E-state index contributed by atoms with van der Waals surface area (Å²) in [6, 6.07) is 0. The maximum absolute atomic E-state index is 2.27. The van der Waals surface area contributed by atoms with Crippen LogP contribution in [0.4, 0.5) is 0 Å². The minimum atomic E-state index is 0. The molecule has 1 aromatic heterocycles. The van der Waals surface area contributed by atoms with Crippen molar-refractivity contribution in [1.82, 2.24) is 4.57 Å². The van der Waals surface area contributed by atoms with E-state index in [0.717, 1.165) is 0 Å². The molecule has 0 saturated carbocycles. The second-order valence-corrected chi connectivity index (χ2v) is 4.79. The van der Waals surface area contributed by atoms with Crippen LogP contribution in [0.5, 0.6) is 0 Å². The van der Waals surface area contributed by atoms with Crippen LogP contribution in [0.2, 0.25) is 0 Å². The third-order valence-electron chi connectivity index (χ3n) is 3.09. The Labute approximate surface area is 123 Å². The van der Waals surface area contributed by atoms with Crippen LogP contribution in [0.1, 0.15) is 58.3 Å². The summed E-state index contributed by atoms with van der Waals surface area (Å²) in [5, 5.41) is 0. The number of hydrogen-bond acceptors (Lipinski definition) is 0. The summed E-state index contributed by atoms with van der Waals surface area (Å²) in [5.41, 5.74) is 0. The topological polar surface area (TPSA) is 8.81 Å². The molecule has 0 aliphatic rings. The lowest BCUT2D eigenvalue weighted by atomic mass is 10.1. The molecule has 0 aromatic carbocycles. The van der Waals surface area contributed by atoms with Gasteiger partial charge in [0.05, 0.1) is 13.6 Å². The summed E-state index contributed by atoms with van der Waals surface area (Å²) in [6.45, 7) is 3.45. The second kappa shape index (κ2) is 11.1. The van der Waals surface area contributed by atoms with Gasteiger partial charge in [0.2, 0.25) is 6.33 Å². The highest BCUT2D eigenvalue weighted by atomic mass is 127. The molecule has 1 heterocycles. The molecule has 1 rings (SSSR count). The lowest BCUT2D eigenvalue weighted by Gasteiger charge is -2.00. The molecule has 0 saturated heterocycles. The van der Waals surface area contributed by atoms with Gasteiger partial charge < -0.3 is 24.0 Å². The minimum Gasteiger partial charge on any atom is -1.00 e. The molecule has 0 atom stereocenters. The van der Waals surface area contributed by atoms with Crippen molar-refractivity contribution in [3.05, 3.63) is 18.7 Å². The Bertz CT molecular complexity index is 271. The molecule has 0 aliphatic heterocycles. The summed E-state index contributed by atoms with van der Waals surface area (Å²) < 4.78 is 4.38. The van der Waals surface area contributed by atoms with Gasteiger partial charge in [-0.05, 0) is 12.8 Å². The highest BCUT2D eigenvalue weighted by molar-refractivity contribution is 4.61. The van der Waals surface area contributed by atoms with Crippen LogP contribution in [0.15, 0.2) is 18.7 Å². The van der Waals surface area contributed by atoms with E-state index < -0.39 is 0 Å². The van der Waals surface area contributed by atoms with Crippen molar-refractivity contribution in [1.29, 1.82) is 0 Å². The molecular formula is C14H27IN2. The van der Waals surface area contributed by atoms with E-state index in [0.29, 0.717) is 0 Å². The zero-order valence-corrected chi connectivity index (χ0v) is 13.5. The van der Waals surface area contributed by atoms with Gasteiger partial charge in [0.1, 0.15) is 12.4 Å². The Balaban J connectivity index is 0.00000256. The van der Waals surface area contributed by atoms with E-state index >= 15 is 0 Å². The van der Waals surface area contributed by atoms with Crippen molar-refractivity contribution in [3.8, 4) is 0 Å². The van der Waals surface area contributed by atoms with Gasteiger partial charge in [0.25, 0.3) is 0 Å². The van der Waals surface area contributed by atoms with Crippen molar-refractivity contribution in [2.75, 3.05) is 0 Å². The van der Waals surface area contributed by atoms with Gasteiger partial charge in [-0.2, -0.15) is 0 Å². The average molecular weight is 350 g/mol. The van der Waals surface area contributed by atoms with Crippen molar-refractivity contribution >= 4 is 0 Å². The van der Waals surface area contributed by atoms with E-state index in [1.807, 2.05) is 0 Å². The summed E-state index contributed by atoms with van der Waals surface area (Å²) in [5.74, 6) is 0.